The summed E-state index contributed by atoms with van der Waals surface area (Å²) in [6, 6.07) is 5.96. The molecule has 1 N–H and O–H groups in total. The molecule has 2 aromatic rings. The van der Waals surface area contributed by atoms with Crippen LogP contribution in [0.4, 0.5) is 0 Å². The molecule has 0 fully saturated rings. The van der Waals surface area contributed by atoms with Crippen molar-refractivity contribution in [1.29, 1.82) is 0 Å². The lowest BCUT2D eigenvalue weighted by Gasteiger charge is -2.11. The summed E-state index contributed by atoms with van der Waals surface area (Å²) < 4.78 is 4.96. The van der Waals surface area contributed by atoms with Gasteiger partial charge in [0.1, 0.15) is 11.4 Å². The Balaban J connectivity index is 2.38. The van der Waals surface area contributed by atoms with Gasteiger partial charge in [0.2, 0.25) is 0 Å². The molecule has 0 aliphatic rings. The van der Waals surface area contributed by atoms with Gasteiger partial charge in [-0.3, -0.25) is 9.59 Å². The highest BCUT2D eigenvalue weighted by molar-refractivity contribution is 5.97. The maximum Gasteiger partial charge on any atom is 0.257 e. The van der Waals surface area contributed by atoms with Gasteiger partial charge in [0, 0.05) is 25.7 Å². The summed E-state index contributed by atoms with van der Waals surface area (Å²) in [5.74, 6) is -0.100. The summed E-state index contributed by atoms with van der Waals surface area (Å²) in [7, 11) is 3.20. The number of amides is 1. The minimum Gasteiger partial charge on any atom is -0.507 e. The van der Waals surface area contributed by atoms with Crippen LogP contribution in [0.2, 0.25) is 0 Å². The predicted octanol–water partition coefficient (Wildman–Crippen LogP) is 1.56. The zero-order chi connectivity index (χ0) is 14.0. The Labute approximate surface area is 109 Å². The fourth-order valence-corrected chi connectivity index (χ4v) is 1.59. The normalized spacial score (nSPS) is 10.2. The van der Waals surface area contributed by atoms with Gasteiger partial charge >= 0.3 is 0 Å². The molecular formula is C13H12N2O4. The second-order valence-corrected chi connectivity index (χ2v) is 4.17. The number of carbonyl (C=O) groups excluding carboxylic acids is 2. The van der Waals surface area contributed by atoms with Crippen LogP contribution < -0.4 is 0 Å². The molecule has 2 rings (SSSR count). The average Bonchev–Trinajstić information content (AvgIpc) is 2.86. The third kappa shape index (κ3) is 2.47. The van der Waals surface area contributed by atoms with Crippen LogP contribution in [0.3, 0.4) is 0 Å². The topological polar surface area (TPSA) is 83.6 Å². The lowest BCUT2D eigenvalue weighted by molar-refractivity contribution is 0.0824. The van der Waals surface area contributed by atoms with E-state index < -0.39 is 0 Å². The monoisotopic (exact) mass is 260 g/mol. The van der Waals surface area contributed by atoms with E-state index in [4.69, 9.17) is 4.52 Å². The molecule has 0 spiro atoms. The van der Waals surface area contributed by atoms with Crippen molar-refractivity contribution in [3.63, 3.8) is 0 Å². The van der Waals surface area contributed by atoms with E-state index in [2.05, 4.69) is 5.16 Å². The quantitative estimate of drug-likeness (QED) is 0.847. The summed E-state index contributed by atoms with van der Waals surface area (Å²) in [4.78, 5) is 23.6. The molecule has 1 amide bonds. The van der Waals surface area contributed by atoms with Crippen LogP contribution in [0.1, 0.15) is 20.8 Å². The minimum atomic E-state index is -0.296. The Morgan fingerprint density at radius 1 is 1.37 bits per heavy atom. The number of phenolic OH excluding ortho intramolecular Hbond substituents is 1. The summed E-state index contributed by atoms with van der Waals surface area (Å²) in [6.45, 7) is 0. The molecule has 0 saturated heterocycles. The Hall–Kier alpha value is -2.63. The SMILES string of the molecule is CN(C)C(=O)c1ccc(-c2cc(C=O)no2)cc1O. The van der Waals surface area contributed by atoms with Gasteiger partial charge in [0.15, 0.2) is 12.0 Å². The summed E-state index contributed by atoms with van der Waals surface area (Å²) in [6.07, 6.45) is 0.566. The lowest BCUT2D eigenvalue weighted by atomic mass is 10.1. The highest BCUT2D eigenvalue weighted by Crippen LogP contribution is 2.27. The molecule has 1 aromatic carbocycles. The van der Waals surface area contributed by atoms with Crippen molar-refractivity contribution in [2.24, 2.45) is 0 Å². The molecule has 6 heteroatoms. The molecular weight excluding hydrogens is 248 g/mol. The first-order valence-electron chi connectivity index (χ1n) is 5.50. The van der Waals surface area contributed by atoms with Crippen LogP contribution >= 0.6 is 0 Å². The maximum atomic E-state index is 11.7. The molecule has 1 aromatic heterocycles. The van der Waals surface area contributed by atoms with Gasteiger partial charge in [-0.1, -0.05) is 11.2 Å². The fourth-order valence-electron chi connectivity index (χ4n) is 1.59. The van der Waals surface area contributed by atoms with Gasteiger partial charge in [0.05, 0.1) is 5.56 Å². The van der Waals surface area contributed by atoms with Crippen molar-refractivity contribution >= 4 is 12.2 Å². The van der Waals surface area contributed by atoms with Crippen molar-refractivity contribution < 1.29 is 19.2 Å². The molecule has 19 heavy (non-hydrogen) atoms. The third-order valence-electron chi connectivity index (χ3n) is 2.57. The van der Waals surface area contributed by atoms with Crippen LogP contribution in [0, 0.1) is 0 Å². The number of hydrogen-bond acceptors (Lipinski definition) is 5. The Bertz CT molecular complexity index is 631. The summed E-state index contributed by atoms with van der Waals surface area (Å²) >= 11 is 0. The zero-order valence-electron chi connectivity index (χ0n) is 10.5. The molecule has 0 aliphatic heterocycles. The van der Waals surface area contributed by atoms with E-state index in [0.717, 1.165) is 0 Å². The van der Waals surface area contributed by atoms with E-state index in [-0.39, 0.29) is 22.9 Å². The first-order chi connectivity index (χ1) is 9.02. The fraction of sp³-hybridized carbons (Fsp3) is 0.154. The number of carbonyl (C=O) groups is 2. The number of hydrogen-bond donors (Lipinski definition) is 1. The molecule has 0 unspecified atom stereocenters. The molecule has 0 radical (unpaired) electrons. The molecule has 6 nitrogen and oxygen atoms in total. The van der Waals surface area contributed by atoms with E-state index in [1.54, 1.807) is 20.2 Å². The molecule has 0 saturated carbocycles. The number of benzene rings is 1. The first kappa shape index (κ1) is 12.8. The van der Waals surface area contributed by atoms with E-state index in [9.17, 15) is 14.7 Å². The van der Waals surface area contributed by atoms with E-state index in [1.807, 2.05) is 0 Å². The molecule has 0 atom stereocenters. The highest BCUT2D eigenvalue weighted by atomic mass is 16.5. The van der Waals surface area contributed by atoms with Crippen LogP contribution in [0.25, 0.3) is 11.3 Å². The second kappa shape index (κ2) is 4.93. The van der Waals surface area contributed by atoms with Gasteiger partial charge in [-0.2, -0.15) is 0 Å². The number of aromatic hydroxyl groups is 1. The van der Waals surface area contributed by atoms with E-state index in [1.165, 1.54) is 23.1 Å². The number of nitrogens with zero attached hydrogens (tertiary/aromatic N) is 2. The highest BCUT2D eigenvalue weighted by Gasteiger charge is 2.15. The molecule has 0 bridgehead atoms. The molecule has 98 valence electrons. The standard InChI is InChI=1S/C13H12N2O4/c1-15(2)13(18)10-4-3-8(5-11(10)17)12-6-9(7-16)14-19-12/h3-7,17H,1-2H3. The maximum absolute atomic E-state index is 11.7. The van der Waals surface area contributed by atoms with Gasteiger partial charge in [-0.05, 0) is 12.1 Å². The summed E-state index contributed by atoms with van der Waals surface area (Å²) in [5, 5.41) is 13.4. The van der Waals surface area contributed by atoms with Gasteiger partial charge in [-0.25, -0.2) is 0 Å². The summed E-state index contributed by atoms with van der Waals surface area (Å²) in [5.41, 5.74) is 0.903. The van der Waals surface area contributed by atoms with Crippen LogP contribution in [0.15, 0.2) is 28.8 Å². The molecule has 1 heterocycles. The average molecular weight is 260 g/mol. The largest absolute Gasteiger partial charge is 0.507 e. The smallest absolute Gasteiger partial charge is 0.257 e. The predicted molar refractivity (Wildman–Crippen MR) is 67.0 cm³/mol. The van der Waals surface area contributed by atoms with Crippen molar-refractivity contribution in [3.8, 4) is 17.1 Å². The minimum absolute atomic E-state index is 0.153. The molecule has 0 aliphatic carbocycles. The Morgan fingerprint density at radius 3 is 2.63 bits per heavy atom. The van der Waals surface area contributed by atoms with Crippen molar-refractivity contribution in [1.82, 2.24) is 10.1 Å². The Kier molecular flexibility index (Phi) is 3.33. The van der Waals surface area contributed by atoms with Gasteiger partial charge < -0.3 is 14.5 Å². The van der Waals surface area contributed by atoms with Crippen LogP contribution in [-0.2, 0) is 0 Å². The van der Waals surface area contributed by atoms with Gasteiger partial charge in [-0.15, -0.1) is 0 Å². The zero-order valence-corrected chi connectivity index (χ0v) is 10.5. The van der Waals surface area contributed by atoms with Crippen LogP contribution in [0.5, 0.6) is 5.75 Å². The van der Waals surface area contributed by atoms with E-state index >= 15 is 0 Å². The van der Waals surface area contributed by atoms with Gasteiger partial charge in [0.25, 0.3) is 5.91 Å². The van der Waals surface area contributed by atoms with Crippen molar-refractivity contribution in [2.75, 3.05) is 14.1 Å². The lowest BCUT2D eigenvalue weighted by Crippen LogP contribution is -2.21. The van der Waals surface area contributed by atoms with E-state index in [0.29, 0.717) is 17.6 Å². The van der Waals surface area contributed by atoms with Crippen molar-refractivity contribution in [2.45, 2.75) is 0 Å². The second-order valence-electron chi connectivity index (χ2n) is 4.17. The first-order valence-corrected chi connectivity index (χ1v) is 5.50. The van der Waals surface area contributed by atoms with Crippen molar-refractivity contribution in [3.05, 3.63) is 35.5 Å². The number of aromatic nitrogens is 1. The number of aldehydes is 1. The van der Waals surface area contributed by atoms with Crippen LogP contribution in [-0.4, -0.2) is 41.5 Å². The third-order valence-corrected chi connectivity index (χ3v) is 2.57. The number of rotatable bonds is 3. The Morgan fingerprint density at radius 2 is 2.11 bits per heavy atom. The number of phenols is 1.